The molecule has 0 bridgehead atoms. The van der Waals surface area contributed by atoms with Crippen molar-refractivity contribution >= 4 is 0 Å². The fourth-order valence-corrected chi connectivity index (χ4v) is 0.755. The second kappa shape index (κ2) is 1.83. The highest BCUT2D eigenvalue weighted by Crippen LogP contribution is 2.13. The molecule has 0 aromatic carbocycles. The van der Waals surface area contributed by atoms with E-state index in [1.165, 1.54) is 13.0 Å². The summed E-state index contributed by atoms with van der Waals surface area (Å²) in [5.41, 5.74) is 0. The van der Waals surface area contributed by atoms with Gasteiger partial charge in [-0.05, 0) is 5.92 Å². The van der Waals surface area contributed by atoms with E-state index in [1.807, 2.05) is 0 Å². The molecule has 1 heterocycles. The third-order valence-electron chi connectivity index (χ3n) is 1.77. The number of nitrogens with one attached hydrogen (secondary N) is 1. The summed E-state index contributed by atoms with van der Waals surface area (Å²) in [7, 11) is 0. The van der Waals surface area contributed by atoms with Crippen molar-refractivity contribution in [3.05, 3.63) is 0 Å². The molecule has 0 spiro atoms. The Bertz CT molecular complexity index is 57.2. The standard InChI is InChI=1S/C6H13N/c1-3-5(2)6-4-7-6/h5-7H,3-4H2,1-2H3/t5-,6+/m0/s1. The maximum atomic E-state index is 3.29. The summed E-state index contributed by atoms with van der Waals surface area (Å²) in [6, 6.07) is 0.866. The lowest BCUT2D eigenvalue weighted by Gasteiger charge is -2.00. The van der Waals surface area contributed by atoms with Gasteiger partial charge in [0.15, 0.2) is 0 Å². The molecule has 0 saturated carbocycles. The van der Waals surface area contributed by atoms with Crippen LogP contribution in [-0.2, 0) is 0 Å². The molecule has 2 atom stereocenters. The Morgan fingerprint density at radius 2 is 2.43 bits per heavy atom. The van der Waals surface area contributed by atoms with Gasteiger partial charge in [-0.2, -0.15) is 0 Å². The SMILES string of the molecule is CC[C@H](C)[C@H]1CN1. The molecular formula is C6H13N. The molecule has 1 aliphatic rings. The summed E-state index contributed by atoms with van der Waals surface area (Å²) in [6.45, 7) is 5.80. The minimum Gasteiger partial charge on any atom is -0.311 e. The fraction of sp³-hybridized carbons (Fsp3) is 1.00. The zero-order valence-corrected chi connectivity index (χ0v) is 5.07. The monoisotopic (exact) mass is 99.1 g/mol. The van der Waals surface area contributed by atoms with Gasteiger partial charge in [0.05, 0.1) is 0 Å². The van der Waals surface area contributed by atoms with E-state index in [0.717, 1.165) is 12.0 Å². The van der Waals surface area contributed by atoms with Gasteiger partial charge in [-0.1, -0.05) is 20.3 Å². The Kier molecular flexibility index (Phi) is 1.33. The van der Waals surface area contributed by atoms with Gasteiger partial charge in [-0.25, -0.2) is 0 Å². The molecule has 1 rings (SSSR count). The molecule has 1 heteroatoms. The highest BCUT2D eigenvalue weighted by Gasteiger charge is 2.24. The zero-order valence-electron chi connectivity index (χ0n) is 5.07. The summed E-state index contributed by atoms with van der Waals surface area (Å²) in [5, 5.41) is 3.29. The molecule has 0 aliphatic carbocycles. The summed E-state index contributed by atoms with van der Waals surface area (Å²) >= 11 is 0. The third kappa shape index (κ3) is 1.16. The Morgan fingerprint density at radius 3 is 2.57 bits per heavy atom. The molecule has 42 valence electrons. The Labute approximate surface area is 45.1 Å². The lowest BCUT2D eigenvalue weighted by Crippen LogP contribution is -2.03. The number of rotatable bonds is 2. The molecule has 1 nitrogen and oxygen atoms in total. The maximum Gasteiger partial charge on any atom is 0.0218 e. The van der Waals surface area contributed by atoms with Crippen molar-refractivity contribution in [1.29, 1.82) is 0 Å². The normalized spacial score (nSPS) is 32.6. The highest BCUT2D eigenvalue weighted by molar-refractivity contribution is 4.86. The predicted octanol–water partition coefficient (Wildman–Crippen LogP) is 1.00. The summed E-state index contributed by atoms with van der Waals surface area (Å²) in [6.07, 6.45) is 1.32. The second-order valence-corrected chi connectivity index (χ2v) is 2.40. The van der Waals surface area contributed by atoms with Crippen LogP contribution in [0, 0.1) is 5.92 Å². The zero-order chi connectivity index (χ0) is 5.28. The molecule has 7 heavy (non-hydrogen) atoms. The van der Waals surface area contributed by atoms with Crippen LogP contribution in [0.3, 0.4) is 0 Å². The average molecular weight is 99.2 g/mol. The first-order valence-corrected chi connectivity index (χ1v) is 3.08. The first-order valence-electron chi connectivity index (χ1n) is 3.08. The van der Waals surface area contributed by atoms with Crippen LogP contribution < -0.4 is 5.32 Å². The minimum absolute atomic E-state index is 0.866. The van der Waals surface area contributed by atoms with Crippen molar-refractivity contribution < 1.29 is 0 Å². The van der Waals surface area contributed by atoms with Crippen LogP contribution in [0.4, 0.5) is 0 Å². The Balaban J connectivity index is 2.10. The molecule has 0 amide bonds. The molecule has 0 aromatic heterocycles. The van der Waals surface area contributed by atoms with Crippen LogP contribution in [-0.4, -0.2) is 12.6 Å². The van der Waals surface area contributed by atoms with Gasteiger partial charge >= 0.3 is 0 Å². The first-order chi connectivity index (χ1) is 3.34. The molecule has 1 aliphatic heterocycles. The van der Waals surface area contributed by atoms with Gasteiger partial charge < -0.3 is 5.32 Å². The van der Waals surface area contributed by atoms with E-state index in [1.54, 1.807) is 0 Å². The van der Waals surface area contributed by atoms with Crippen LogP contribution in [0.2, 0.25) is 0 Å². The lowest BCUT2D eigenvalue weighted by atomic mass is 10.1. The van der Waals surface area contributed by atoms with E-state index >= 15 is 0 Å². The van der Waals surface area contributed by atoms with E-state index < -0.39 is 0 Å². The van der Waals surface area contributed by atoms with Gasteiger partial charge in [0.2, 0.25) is 0 Å². The Hall–Kier alpha value is -0.0400. The van der Waals surface area contributed by atoms with E-state index in [-0.39, 0.29) is 0 Å². The summed E-state index contributed by atoms with van der Waals surface area (Å²) in [4.78, 5) is 0. The first kappa shape index (κ1) is 5.10. The maximum absolute atomic E-state index is 3.29. The van der Waals surface area contributed by atoms with Crippen LogP contribution in [0.25, 0.3) is 0 Å². The van der Waals surface area contributed by atoms with Crippen molar-refractivity contribution in [2.24, 2.45) is 5.92 Å². The van der Waals surface area contributed by atoms with E-state index in [0.29, 0.717) is 0 Å². The lowest BCUT2D eigenvalue weighted by molar-refractivity contribution is 0.550. The molecule has 1 saturated heterocycles. The molecule has 0 unspecified atom stereocenters. The van der Waals surface area contributed by atoms with Crippen LogP contribution in [0.15, 0.2) is 0 Å². The van der Waals surface area contributed by atoms with Crippen molar-refractivity contribution in [2.45, 2.75) is 26.3 Å². The molecule has 0 radical (unpaired) electrons. The quantitative estimate of drug-likeness (QED) is 0.513. The predicted molar refractivity (Wildman–Crippen MR) is 31.2 cm³/mol. The van der Waals surface area contributed by atoms with Gasteiger partial charge in [0.25, 0.3) is 0 Å². The largest absolute Gasteiger partial charge is 0.311 e. The molecule has 1 N–H and O–H groups in total. The number of hydrogen-bond acceptors (Lipinski definition) is 1. The van der Waals surface area contributed by atoms with Gasteiger partial charge in [-0.3, -0.25) is 0 Å². The van der Waals surface area contributed by atoms with Gasteiger partial charge in [-0.15, -0.1) is 0 Å². The van der Waals surface area contributed by atoms with Crippen LogP contribution >= 0.6 is 0 Å². The summed E-state index contributed by atoms with van der Waals surface area (Å²) < 4.78 is 0. The smallest absolute Gasteiger partial charge is 0.0218 e. The molecule has 1 fully saturated rings. The van der Waals surface area contributed by atoms with Gasteiger partial charge in [0.1, 0.15) is 0 Å². The van der Waals surface area contributed by atoms with Crippen molar-refractivity contribution in [3.63, 3.8) is 0 Å². The van der Waals surface area contributed by atoms with E-state index in [4.69, 9.17) is 0 Å². The van der Waals surface area contributed by atoms with Gasteiger partial charge in [0, 0.05) is 12.6 Å². The van der Waals surface area contributed by atoms with Crippen LogP contribution in [0.1, 0.15) is 20.3 Å². The van der Waals surface area contributed by atoms with Crippen molar-refractivity contribution in [1.82, 2.24) is 5.32 Å². The fourth-order valence-electron chi connectivity index (χ4n) is 0.755. The third-order valence-corrected chi connectivity index (χ3v) is 1.77. The molecule has 0 aromatic rings. The molecular weight excluding hydrogens is 86.1 g/mol. The second-order valence-electron chi connectivity index (χ2n) is 2.40. The summed E-state index contributed by atoms with van der Waals surface area (Å²) in [5.74, 6) is 0.903. The average Bonchev–Trinajstić information content (AvgIpc) is 2.44. The Morgan fingerprint density at radius 1 is 1.86 bits per heavy atom. The van der Waals surface area contributed by atoms with Crippen molar-refractivity contribution in [2.75, 3.05) is 6.54 Å². The van der Waals surface area contributed by atoms with Crippen LogP contribution in [0.5, 0.6) is 0 Å². The van der Waals surface area contributed by atoms with E-state index in [9.17, 15) is 0 Å². The number of hydrogen-bond donors (Lipinski definition) is 1. The van der Waals surface area contributed by atoms with E-state index in [2.05, 4.69) is 19.2 Å². The van der Waals surface area contributed by atoms with Crippen molar-refractivity contribution in [3.8, 4) is 0 Å². The highest BCUT2D eigenvalue weighted by atomic mass is 15.1. The topological polar surface area (TPSA) is 21.9 Å². The minimum atomic E-state index is 0.866.